The number of para-hydroxylation sites is 2. The van der Waals surface area contributed by atoms with E-state index in [2.05, 4.69) is 26.6 Å². The topological polar surface area (TPSA) is 68.8 Å². The average Bonchev–Trinajstić information content (AvgIpc) is 3.39. The van der Waals surface area contributed by atoms with Crippen LogP contribution >= 0.6 is 28.1 Å². The summed E-state index contributed by atoms with van der Waals surface area (Å²) in [7, 11) is 0. The lowest BCUT2D eigenvalue weighted by atomic mass is 10.1. The second kappa shape index (κ2) is 12.7. The Morgan fingerprint density at radius 1 is 1.03 bits per heavy atom. The van der Waals surface area contributed by atoms with E-state index in [0.29, 0.717) is 36.0 Å². The molecule has 0 aliphatic carbocycles. The molecule has 0 aromatic heterocycles. The van der Waals surface area contributed by atoms with Gasteiger partial charge >= 0.3 is 0 Å². The van der Waals surface area contributed by atoms with Crippen LogP contribution < -0.4 is 20.1 Å². The number of carbonyl (C=O) groups excluding carboxylic acids is 1. The van der Waals surface area contributed by atoms with Crippen molar-refractivity contribution in [1.82, 2.24) is 5.32 Å². The van der Waals surface area contributed by atoms with Gasteiger partial charge in [-0.25, -0.2) is 0 Å². The van der Waals surface area contributed by atoms with Crippen LogP contribution in [0.4, 0.5) is 5.69 Å². The van der Waals surface area contributed by atoms with Gasteiger partial charge in [-0.3, -0.25) is 10.1 Å². The van der Waals surface area contributed by atoms with Gasteiger partial charge in [0.25, 0.3) is 5.91 Å². The molecule has 35 heavy (non-hydrogen) atoms. The summed E-state index contributed by atoms with van der Waals surface area (Å²) in [5.41, 5.74) is 2.23. The van der Waals surface area contributed by atoms with Crippen LogP contribution in [-0.2, 0) is 11.2 Å². The highest BCUT2D eigenvalue weighted by Gasteiger charge is 2.18. The fraction of sp³-hybridized carbons (Fsp3) is 0.259. The molecule has 8 heteroatoms. The van der Waals surface area contributed by atoms with Crippen molar-refractivity contribution in [3.05, 3.63) is 88.4 Å². The number of benzene rings is 3. The normalized spacial score (nSPS) is 14.8. The molecule has 1 heterocycles. The second-order valence-electron chi connectivity index (χ2n) is 8.07. The van der Waals surface area contributed by atoms with Crippen LogP contribution in [-0.4, -0.2) is 36.9 Å². The van der Waals surface area contributed by atoms with Crippen molar-refractivity contribution in [2.24, 2.45) is 0 Å². The number of rotatable bonds is 9. The van der Waals surface area contributed by atoms with Crippen LogP contribution in [0.2, 0.25) is 0 Å². The van der Waals surface area contributed by atoms with Crippen molar-refractivity contribution >= 4 is 44.9 Å². The van der Waals surface area contributed by atoms with Gasteiger partial charge in [-0.05, 0) is 61.0 Å². The number of nitrogens with one attached hydrogen (secondary N) is 2. The average molecular weight is 555 g/mol. The highest BCUT2D eigenvalue weighted by Crippen LogP contribution is 2.26. The standard InChI is InChI=1S/C27H27BrN2O4S/c28-20-12-13-24(33-16-14-19-7-2-1-3-8-19)22(17-20)26(31)30-27(35)29-23-10-4-5-11-25(23)34-18-21-9-6-15-32-21/h1-5,7-8,10-13,17,21H,6,9,14-16,18H2,(H2,29,30,31,35). The van der Waals surface area contributed by atoms with Crippen LogP contribution in [0, 0.1) is 0 Å². The van der Waals surface area contributed by atoms with Gasteiger partial charge in [0.2, 0.25) is 0 Å². The summed E-state index contributed by atoms with van der Waals surface area (Å²) < 4.78 is 18.3. The molecule has 1 unspecified atom stereocenters. The summed E-state index contributed by atoms with van der Waals surface area (Å²) in [6, 6.07) is 22.9. The molecule has 1 saturated heterocycles. The molecule has 1 fully saturated rings. The van der Waals surface area contributed by atoms with E-state index in [-0.39, 0.29) is 17.1 Å². The molecule has 4 rings (SSSR count). The van der Waals surface area contributed by atoms with Crippen molar-refractivity contribution in [1.29, 1.82) is 0 Å². The highest BCUT2D eigenvalue weighted by atomic mass is 79.9. The summed E-state index contributed by atoms with van der Waals surface area (Å²) in [4.78, 5) is 13.0. The molecular weight excluding hydrogens is 528 g/mol. The molecule has 1 aliphatic heterocycles. The Balaban J connectivity index is 1.36. The highest BCUT2D eigenvalue weighted by molar-refractivity contribution is 9.10. The molecule has 3 aromatic carbocycles. The Hall–Kier alpha value is -2.94. The number of amides is 1. The lowest BCUT2D eigenvalue weighted by Gasteiger charge is -2.17. The van der Waals surface area contributed by atoms with Crippen LogP contribution in [0.25, 0.3) is 0 Å². The maximum absolute atomic E-state index is 13.0. The zero-order chi connectivity index (χ0) is 24.5. The number of hydrogen-bond acceptors (Lipinski definition) is 5. The third kappa shape index (κ3) is 7.52. The molecule has 0 bridgehead atoms. The molecular formula is C27H27BrN2O4S. The maximum Gasteiger partial charge on any atom is 0.261 e. The van der Waals surface area contributed by atoms with Crippen molar-refractivity contribution in [2.45, 2.75) is 25.4 Å². The van der Waals surface area contributed by atoms with Gasteiger partial charge in [-0.1, -0.05) is 58.4 Å². The number of ether oxygens (including phenoxy) is 3. The van der Waals surface area contributed by atoms with Gasteiger partial charge in [0.1, 0.15) is 18.1 Å². The lowest BCUT2D eigenvalue weighted by molar-refractivity contribution is 0.0682. The summed E-state index contributed by atoms with van der Waals surface area (Å²) in [6.45, 7) is 1.70. The van der Waals surface area contributed by atoms with E-state index < -0.39 is 0 Å². The van der Waals surface area contributed by atoms with Crippen molar-refractivity contribution in [3.8, 4) is 11.5 Å². The van der Waals surface area contributed by atoms with Crippen LogP contribution in [0.1, 0.15) is 28.8 Å². The van der Waals surface area contributed by atoms with E-state index in [9.17, 15) is 4.79 Å². The Labute approximate surface area is 219 Å². The molecule has 1 amide bonds. The zero-order valence-electron chi connectivity index (χ0n) is 19.2. The van der Waals surface area contributed by atoms with Gasteiger partial charge in [0.05, 0.1) is 24.0 Å². The Kier molecular flexibility index (Phi) is 9.11. The van der Waals surface area contributed by atoms with Crippen molar-refractivity contribution in [3.63, 3.8) is 0 Å². The number of anilines is 1. The molecule has 0 spiro atoms. The Morgan fingerprint density at radius 3 is 2.63 bits per heavy atom. The molecule has 3 aromatic rings. The first kappa shape index (κ1) is 25.2. The van der Waals surface area contributed by atoms with Crippen molar-refractivity contribution < 1.29 is 19.0 Å². The van der Waals surface area contributed by atoms with E-state index in [1.165, 1.54) is 5.56 Å². The fourth-order valence-corrected chi connectivity index (χ4v) is 4.27. The molecule has 0 saturated carbocycles. The summed E-state index contributed by atoms with van der Waals surface area (Å²) in [5, 5.41) is 5.98. The van der Waals surface area contributed by atoms with Crippen LogP contribution in [0.3, 0.4) is 0 Å². The summed E-state index contributed by atoms with van der Waals surface area (Å²) in [5.74, 6) is 0.771. The van der Waals surface area contributed by atoms with Gasteiger partial charge in [0.15, 0.2) is 5.11 Å². The van der Waals surface area contributed by atoms with Gasteiger partial charge in [-0.2, -0.15) is 0 Å². The first-order chi connectivity index (χ1) is 17.1. The van der Waals surface area contributed by atoms with Gasteiger partial charge < -0.3 is 19.5 Å². The van der Waals surface area contributed by atoms with E-state index in [1.807, 2.05) is 60.7 Å². The van der Waals surface area contributed by atoms with Crippen LogP contribution in [0.5, 0.6) is 11.5 Å². The van der Waals surface area contributed by atoms with E-state index in [1.54, 1.807) is 12.1 Å². The number of halogens is 1. The molecule has 6 nitrogen and oxygen atoms in total. The number of hydrogen-bond donors (Lipinski definition) is 2. The predicted molar refractivity (Wildman–Crippen MR) is 144 cm³/mol. The Morgan fingerprint density at radius 2 is 1.83 bits per heavy atom. The number of carbonyl (C=O) groups is 1. The molecule has 1 atom stereocenters. The van der Waals surface area contributed by atoms with Gasteiger partial charge in [0, 0.05) is 17.5 Å². The quantitative estimate of drug-likeness (QED) is 0.328. The largest absolute Gasteiger partial charge is 0.492 e. The van der Waals surface area contributed by atoms with Gasteiger partial charge in [-0.15, -0.1) is 0 Å². The van der Waals surface area contributed by atoms with Crippen LogP contribution in [0.15, 0.2) is 77.3 Å². The third-order valence-corrected chi connectivity index (χ3v) is 6.19. The maximum atomic E-state index is 13.0. The lowest BCUT2D eigenvalue weighted by Crippen LogP contribution is -2.34. The SMILES string of the molecule is O=C(NC(=S)Nc1ccccc1OCC1CCCO1)c1cc(Br)ccc1OCCc1ccccc1. The molecule has 2 N–H and O–H groups in total. The minimum Gasteiger partial charge on any atom is -0.492 e. The number of thiocarbonyl (C=S) groups is 1. The minimum atomic E-state index is -0.365. The van der Waals surface area contributed by atoms with Crippen molar-refractivity contribution in [2.75, 3.05) is 25.1 Å². The van der Waals surface area contributed by atoms with E-state index >= 15 is 0 Å². The summed E-state index contributed by atoms with van der Waals surface area (Å²) in [6.07, 6.45) is 2.89. The monoisotopic (exact) mass is 554 g/mol. The van der Waals surface area contributed by atoms with E-state index in [4.69, 9.17) is 26.4 Å². The summed E-state index contributed by atoms with van der Waals surface area (Å²) >= 11 is 8.85. The first-order valence-corrected chi connectivity index (χ1v) is 12.7. The Bertz CT molecular complexity index is 1150. The second-order valence-corrected chi connectivity index (χ2v) is 9.40. The zero-order valence-corrected chi connectivity index (χ0v) is 21.6. The molecule has 182 valence electrons. The predicted octanol–water partition coefficient (Wildman–Crippen LogP) is 5.76. The fourth-order valence-electron chi connectivity index (χ4n) is 3.71. The molecule has 0 radical (unpaired) electrons. The smallest absolute Gasteiger partial charge is 0.261 e. The minimum absolute atomic E-state index is 0.103. The van der Waals surface area contributed by atoms with E-state index in [0.717, 1.165) is 30.3 Å². The molecule has 1 aliphatic rings. The third-order valence-electron chi connectivity index (χ3n) is 5.49. The first-order valence-electron chi connectivity index (χ1n) is 11.5.